The average molecular weight is 264 g/mol. The maximum absolute atomic E-state index is 11.7. The first-order valence-electron chi connectivity index (χ1n) is 6.70. The third-order valence-electron chi connectivity index (χ3n) is 3.02. The quantitative estimate of drug-likeness (QED) is 0.708. The topological polar surface area (TPSA) is 50.4 Å². The fourth-order valence-electron chi connectivity index (χ4n) is 1.71. The first kappa shape index (κ1) is 15.7. The zero-order chi connectivity index (χ0) is 14.1. The van der Waals surface area contributed by atoms with Gasteiger partial charge in [0.25, 0.3) is 0 Å². The molecule has 4 nitrogen and oxygen atoms in total. The summed E-state index contributed by atoms with van der Waals surface area (Å²) in [5, 5.41) is 6.12. The third kappa shape index (κ3) is 6.36. The summed E-state index contributed by atoms with van der Waals surface area (Å²) in [6.07, 6.45) is 1.45. The molecule has 19 heavy (non-hydrogen) atoms. The molecule has 0 bridgehead atoms. The molecular formula is C15H24N2O2. The summed E-state index contributed by atoms with van der Waals surface area (Å²) < 4.78 is 4.95. The molecule has 0 saturated heterocycles. The number of ether oxygens (including phenoxy) is 1. The Morgan fingerprint density at radius 1 is 1.21 bits per heavy atom. The molecule has 0 fully saturated rings. The van der Waals surface area contributed by atoms with E-state index in [2.05, 4.69) is 17.6 Å². The van der Waals surface area contributed by atoms with Crippen LogP contribution in [0.4, 0.5) is 5.69 Å². The van der Waals surface area contributed by atoms with Gasteiger partial charge in [-0.3, -0.25) is 4.79 Å². The SMILES string of the molecule is COCCCNCCC(=O)Nc1ccc(C)c(C)c1. The molecule has 0 saturated carbocycles. The molecule has 1 aromatic carbocycles. The second kappa shape index (κ2) is 8.67. The second-order valence-corrected chi connectivity index (χ2v) is 4.69. The first-order chi connectivity index (χ1) is 9.13. The maximum Gasteiger partial charge on any atom is 0.225 e. The van der Waals surface area contributed by atoms with E-state index in [1.807, 2.05) is 25.1 Å². The summed E-state index contributed by atoms with van der Waals surface area (Å²) in [4.78, 5) is 11.7. The number of hydrogen-bond acceptors (Lipinski definition) is 3. The predicted octanol–water partition coefficient (Wildman–Crippen LogP) is 2.26. The molecule has 1 amide bonds. The molecule has 0 aliphatic carbocycles. The Morgan fingerprint density at radius 3 is 2.68 bits per heavy atom. The molecule has 0 radical (unpaired) electrons. The molecule has 2 N–H and O–H groups in total. The van der Waals surface area contributed by atoms with Crippen molar-refractivity contribution in [1.82, 2.24) is 5.32 Å². The van der Waals surface area contributed by atoms with Gasteiger partial charge >= 0.3 is 0 Å². The summed E-state index contributed by atoms with van der Waals surface area (Å²) in [6, 6.07) is 5.96. The van der Waals surface area contributed by atoms with Gasteiger partial charge in [0.1, 0.15) is 0 Å². The minimum atomic E-state index is 0.0440. The van der Waals surface area contributed by atoms with Crippen LogP contribution >= 0.6 is 0 Å². The van der Waals surface area contributed by atoms with Gasteiger partial charge in [0.15, 0.2) is 0 Å². The van der Waals surface area contributed by atoms with E-state index in [1.165, 1.54) is 11.1 Å². The summed E-state index contributed by atoms with van der Waals surface area (Å²) >= 11 is 0. The van der Waals surface area contributed by atoms with Crippen molar-refractivity contribution in [3.05, 3.63) is 29.3 Å². The van der Waals surface area contributed by atoms with Crippen molar-refractivity contribution >= 4 is 11.6 Å². The standard InChI is InChI=1S/C15H24N2O2/c1-12-5-6-14(11-13(12)2)17-15(18)7-9-16-8-4-10-19-3/h5-6,11,16H,4,7-10H2,1-3H3,(H,17,18). The number of rotatable bonds is 8. The lowest BCUT2D eigenvalue weighted by Gasteiger charge is -2.08. The van der Waals surface area contributed by atoms with Crippen LogP contribution in [0.25, 0.3) is 0 Å². The van der Waals surface area contributed by atoms with Gasteiger partial charge in [-0.15, -0.1) is 0 Å². The maximum atomic E-state index is 11.7. The van der Waals surface area contributed by atoms with Crippen LogP contribution < -0.4 is 10.6 Å². The molecule has 0 unspecified atom stereocenters. The highest BCUT2D eigenvalue weighted by molar-refractivity contribution is 5.90. The molecule has 0 aliphatic heterocycles. The fourth-order valence-corrected chi connectivity index (χ4v) is 1.71. The van der Waals surface area contributed by atoms with Crippen LogP contribution in [0.1, 0.15) is 24.0 Å². The molecule has 0 aliphatic rings. The Kier molecular flexibility index (Phi) is 7.15. The Balaban J connectivity index is 2.21. The van der Waals surface area contributed by atoms with E-state index in [-0.39, 0.29) is 5.91 Å². The average Bonchev–Trinajstić information content (AvgIpc) is 2.38. The van der Waals surface area contributed by atoms with Gasteiger partial charge in [-0.1, -0.05) is 6.07 Å². The first-order valence-corrected chi connectivity index (χ1v) is 6.70. The van der Waals surface area contributed by atoms with E-state index in [4.69, 9.17) is 4.74 Å². The number of anilines is 1. The van der Waals surface area contributed by atoms with Crippen molar-refractivity contribution in [3.63, 3.8) is 0 Å². The minimum absolute atomic E-state index is 0.0440. The lowest BCUT2D eigenvalue weighted by atomic mass is 10.1. The number of amides is 1. The number of hydrogen-bond donors (Lipinski definition) is 2. The monoisotopic (exact) mass is 264 g/mol. The van der Waals surface area contributed by atoms with Crippen LogP contribution in [0.15, 0.2) is 18.2 Å². The summed E-state index contributed by atoms with van der Waals surface area (Å²) in [5.74, 6) is 0.0440. The Hall–Kier alpha value is -1.39. The van der Waals surface area contributed by atoms with Gasteiger partial charge in [-0.05, 0) is 50.1 Å². The molecule has 1 rings (SSSR count). The van der Waals surface area contributed by atoms with Crippen molar-refractivity contribution in [2.75, 3.05) is 32.1 Å². The normalized spacial score (nSPS) is 10.5. The Morgan fingerprint density at radius 2 is 2.00 bits per heavy atom. The van der Waals surface area contributed by atoms with Crippen molar-refractivity contribution in [2.24, 2.45) is 0 Å². The van der Waals surface area contributed by atoms with Gasteiger partial charge in [0.2, 0.25) is 5.91 Å². The lowest BCUT2D eigenvalue weighted by molar-refractivity contribution is -0.116. The Bertz CT molecular complexity index is 405. The second-order valence-electron chi connectivity index (χ2n) is 4.69. The van der Waals surface area contributed by atoms with E-state index < -0.39 is 0 Å². The number of benzene rings is 1. The number of carbonyl (C=O) groups excluding carboxylic acids is 1. The smallest absolute Gasteiger partial charge is 0.225 e. The summed E-state index contributed by atoms with van der Waals surface area (Å²) in [5.41, 5.74) is 3.29. The third-order valence-corrected chi connectivity index (χ3v) is 3.02. The van der Waals surface area contributed by atoms with Gasteiger partial charge in [-0.25, -0.2) is 0 Å². The van der Waals surface area contributed by atoms with Crippen LogP contribution in [0.2, 0.25) is 0 Å². The zero-order valence-electron chi connectivity index (χ0n) is 12.1. The van der Waals surface area contributed by atoms with E-state index in [9.17, 15) is 4.79 Å². The van der Waals surface area contributed by atoms with Crippen molar-refractivity contribution in [3.8, 4) is 0 Å². The van der Waals surface area contributed by atoms with Gasteiger partial charge in [-0.2, -0.15) is 0 Å². The molecule has 0 spiro atoms. The molecule has 4 heteroatoms. The van der Waals surface area contributed by atoms with Crippen molar-refractivity contribution in [2.45, 2.75) is 26.7 Å². The van der Waals surface area contributed by atoms with Crippen LogP contribution in [0, 0.1) is 13.8 Å². The van der Waals surface area contributed by atoms with Crippen LogP contribution in [-0.2, 0) is 9.53 Å². The van der Waals surface area contributed by atoms with Gasteiger partial charge < -0.3 is 15.4 Å². The molecular weight excluding hydrogens is 240 g/mol. The highest BCUT2D eigenvalue weighted by Crippen LogP contribution is 2.14. The minimum Gasteiger partial charge on any atom is -0.385 e. The van der Waals surface area contributed by atoms with E-state index in [0.29, 0.717) is 13.0 Å². The number of methoxy groups -OCH3 is 1. The zero-order valence-corrected chi connectivity index (χ0v) is 12.1. The Labute approximate surface area is 115 Å². The molecule has 0 heterocycles. The fraction of sp³-hybridized carbons (Fsp3) is 0.533. The highest BCUT2D eigenvalue weighted by Gasteiger charge is 2.02. The van der Waals surface area contributed by atoms with Crippen LogP contribution in [-0.4, -0.2) is 32.7 Å². The van der Waals surface area contributed by atoms with Crippen molar-refractivity contribution in [1.29, 1.82) is 0 Å². The molecule has 106 valence electrons. The number of nitrogens with one attached hydrogen (secondary N) is 2. The van der Waals surface area contributed by atoms with Gasteiger partial charge in [0.05, 0.1) is 0 Å². The number of aryl methyl sites for hydroxylation is 2. The van der Waals surface area contributed by atoms with Crippen LogP contribution in [0.5, 0.6) is 0 Å². The predicted molar refractivity (Wildman–Crippen MR) is 78.5 cm³/mol. The summed E-state index contributed by atoms with van der Waals surface area (Å²) in [6.45, 7) is 6.43. The van der Waals surface area contributed by atoms with E-state index in [0.717, 1.165) is 25.3 Å². The van der Waals surface area contributed by atoms with Gasteiger partial charge in [0, 0.05) is 32.4 Å². The molecule has 0 atom stereocenters. The number of carbonyl (C=O) groups is 1. The lowest BCUT2D eigenvalue weighted by Crippen LogP contribution is -2.23. The van der Waals surface area contributed by atoms with Crippen molar-refractivity contribution < 1.29 is 9.53 Å². The molecule has 1 aromatic rings. The van der Waals surface area contributed by atoms with Crippen LogP contribution in [0.3, 0.4) is 0 Å². The highest BCUT2D eigenvalue weighted by atomic mass is 16.5. The molecule has 0 aromatic heterocycles. The largest absolute Gasteiger partial charge is 0.385 e. The van der Waals surface area contributed by atoms with E-state index >= 15 is 0 Å². The van der Waals surface area contributed by atoms with E-state index in [1.54, 1.807) is 7.11 Å². The summed E-state index contributed by atoms with van der Waals surface area (Å²) in [7, 11) is 1.69.